The smallest absolute Gasteiger partial charge is 0.238 e. The molecule has 1 aliphatic heterocycles. The number of nitrogens with zero attached hydrogens (tertiary/aromatic N) is 4. The molecule has 1 atom stereocenters. The number of ether oxygens (including phenoxy) is 1. The number of hydrogen-bond acceptors (Lipinski definition) is 7. The first-order chi connectivity index (χ1) is 15.7. The monoisotopic (exact) mass is 429 g/mol. The maximum Gasteiger partial charge on any atom is 0.238 e. The lowest BCUT2D eigenvalue weighted by Gasteiger charge is -2.20. The van der Waals surface area contributed by atoms with E-state index in [4.69, 9.17) is 19.0 Å². The predicted octanol–water partition coefficient (Wildman–Crippen LogP) is 4.23. The number of benzene rings is 1. The first kappa shape index (κ1) is 19.1. The van der Waals surface area contributed by atoms with Crippen LogP contribution in [0.2, 0.25) is 0 Å². The number of pyridine rings is 1. The molecule has 0 radical (unpaired) electrons. The highest BCUT2D eigenvalue weighted by Gasteiger charge is 2.26. The molecule has 0 bridgehead atoms. The molecule has 1 N–H and O–H groups in total. The zero-order valence-electron chi connectivity index (χ0n) is 17.9. The molecule has 162 valence electrons. The predicted molar refractivity (Wildman–Crippen MR) is 119 cm³/mol. The summed E-state index contributed by atoms with van der Waals surface area (Å²) in [4.78, 5) is 19.4. The Balaban J connectivity index is 1.32. The van der Waals surface area contributed by atoms with Crippen LogP contribution < -0.4 is 10.2 Å². The van der Waals surface area contributed by atoms with E-state index in [1.165, 1.54) is 18.4 Å². The lowest BCUT2D eigenvalue weighted by atomic mass is 10.1. The van der Waals surface area contributed by atoms with Gasteiger partial charge in [0.1, 0.15) is 35.4 Å². The summed E-state index contributed by atoms with van der Waals surface area (Å²) in [7, 11) is 1.60. The van der Waals surface area contributed by atoms with Gasteiger partial charge in [-0.05, 0) is 61.6 Å². The highest BCUT2D eigenvalue weighted by molar-refractivity contribution is 5.97. The molecule has 8 nitrogen and oxygen atoms in total. The molecule has 0 amide bonds. The number of hydroxylamine groups is 1. The van der Waals surface area contributed by atoms with Gasteiger partial charge in [-0.3, -0.25) is 9.83 Å². The fraction of sp³-hybridized carbons (Fsp3) is 0.292. The minimum Gasteiger partial charge on any atom is -0.479 e. The van der Waals surface area contributed by atoms with Gasteiger partial charge in [-0.1, -0.05) is 6.07 Å². The SMILES string of the molecule is COc1nc(C2=NC(c3cc4cc(C5CC5)ccc4o3)CON2)ccc1-n1cnc(C)c1. The van der Waals surface area contributed by atoms with E-state index in [1.807, 2.05) is 29.8 Å². The van der Waals surface area contributed by atoms with Gasteiger partial charge < -0.3 is 13.7 Å². The average molecular weight is 429 g/mol. The van der Waals surface area contributed by atoms with Gasteiger partial charge in [-0.25, -0.2) is 15.4 Å². The van der Waals surface area contributed by atoms with Crippen LogP contribution in [0.3, 0.4) is 0 Å². The third-order valence-corrected chi connectivity index (χ3v) is 5.90. The maximum atomic E-state index is 6.10. The third kappa shape index (κ3) is 3.42. The standard InChI is InChI=1S/C24H23N5O3/c1-14-11-29(13-25-14)20-7-6-18(27-24(20)30-2)23-26-19(12-31-28-23)22-10-17-9-16(15-3-4-15)5-8-21(17)32-22/h5-11,13,15,19H,3-4,12H2,1-2H3,(H,26,28). The Morgan fingerprint density at radius 1 is 1.16 bits per heavy atom. The fourth-order valence-corrected chi connectivity index (χ4v) is 4.05. The Hall–Kier alpha value is -3.65. The Bertz CT molecular complexity index is 1330. The first-order valence-electron chi connectivity index (χ1n) is 10.7. The van der Waals surface area contributed by atoms with Gasteiger partial charge in [-0.2, -0.15) is 0 Å². The average Bonchev–Trinajstić information content (AvgIpc) is 3.45. The number of aliphatic imine (C=N–C) groups is 1. The summed E-state index contributed by atoms with van der Waals surface area (Å²) in [6.07, 6.45) is 6.22. The lowest BCUT2D eigenvalue weighted by molar-refractivity contribution is 0.0581. The number of amidine groups is 1. The van der Waals surface area contributed by atoms with Crippen molar-refractivity contribution >= 4 is 16.8 Å². The van der Waals surface area contributed by atoms with Gasteiger partial charge in [-0.15, -0.1) is 0 Å². The second kappa shape index (κ2) is 7.49. The minimum atomic E-state index is -0.258. The van der Waals surface area contributed by atoms with Crippen molar-refractivity contribution in [2.75, 3.05) is 13.7 Å². The summed E-state index contributed by atoms with van der Waals surface area (Å²) in [5, 5.41) is 1.11. The molecule has 1 aromatic carbocycles. The van der Waals surface area contributed by atoms with Crippen LogP contribution in [-0.2, 0) is 4.84 Å². The third-order valence-electron chi connectivity index (χ3n) is 5.90. The molecule has 1 aliphatic carbocycles. The molecule has 1 fully saturated rings. The van der Waals surface area contributed by atoms with E-state index >= 15 is 0 Å². The van der Waals surface area contributed by atoms with Crippen LogP contribution in [0.25, 0.3) is 16.7 Å². The number of furan rings is 1. The minimum absolute atomic E-state index is 0.258. The number of hydrogen-bond donors (Lipinski definition) is 1. The van der Waals surface area contributed by atoms with Gasteiger partial charge in [0.05, 0.1) is 19.1 Å². The van der Waals surface area contributed by atoms with E-state index in [0.717, 1.165) is 28.1 Å². The van der Waals surface area contributed by atoms with Crippen molar-refractivity contribution in [3.63, 3.8) is 0 Å². The van der Waals surface area contributed by atoms with Crippen LogP contribution in [0.15, 0.2) is 58.3 Å². The number of aromatic nitrogens is 3. The normalized spacial score (nSPS) is 18.4. The molecular formula is C24H23N5O3. The number of rotatable bonds is 5. The van der Waals surface area contributed by atoms with Crippen molar-refractivity contribution in [2.24, 2.45) is 4.99 Å². The van der Waals surface area contributed by atoms with Crippen LogP contribution in [0.4, 0.5) is 0 Å². The Morgan fingerprint density at radius 3 is 2.84 bits per heavy atom. The van der Waals surface area contributed by atoms with Gasteiger partial charge in [0.15, 0.2) is 5.84 Å². The molecule has 32 heavy (non-hydrogen) atoms. The highest BCUT2D eigenvalue weighted by Crippen LogP contribution is 2.41. The zero-order valence-corrected chi connectivity index (χ0v) is 17.9. The molecule has 0 spiro atoms. The molecule has 3 aromatic heterocycles. The van der Waals surface area contributed by atoms with Crippen molar-refractivity contribution in [1.29, 1.82) is 0 Å². The molecule has 1 unspecified atom stereocenters. The van der Waals surface area contributed by atoms with E-state index in [-0.39, 0.29) is 6.04 Å². The Morgan fingerprint density at radius 2 is 2.06 bits per heavy atom. The second-order valence-corrected chi connectivity index (χ2v) is 8.27. The molecule has 8 heteroatoms. The highest BCUT2D eigenvalue weighted by atomic mass is 16.6. The van der Waals surface area contributed by atoms with Crippen molar-refractivity contribution in [2.45, 2.75) is 31.7 Å². The molecule has 6 rings (SSSR count). The molecule has 2 aliphatic rings. The van der Waals surface area contributed by atoms with Crippen molar-refractivity contribution in [1.82, 2.24) is 20.0 Å². The van der Waals surface area contributed by atoms with Crippen LogP contribution in [-0.4, -0.2) is 34.1 Å². The van der Waals surface area contributed by atoms with Gasteiger partial charge in [0.2, 0.25) is 5.88 Å². The largest absolute Gasteiger partial charge is 0.479 e. The van der Waals surface area contributed by atoms with E-state index in [2.05, 4.69) is 39.7 Å². The second-order valence-electron chi connectivity index (χ2n) is 8.27. The number of fused-ring (bicyclic) bond motifs is 1. The van der Waals surface area contributed by atoms with E-state index in [0.29, 0.717) is 29.9 Å². The maximum absolute atomic E-state index is 6.10. The van der Waals surface area contributed by atoms with Crippen LogP contribution in [0.5, 0.6) is 5.88 Å². The van der Waals surface area contributed by atoms with Gasteiger partial charge >= 0.3 is 0 Å². The van der Waals surface area contributed by atoms with Gasteiger partial charge in [0.25, 0.3) is 0 Å². The number of methoxy groups -OCH3 is 1. The summed E-state index contributed by atoms with van der Waals surface area (Å²) in [6, 6.07) is 12.1. The van der Waals surface area contributed by atoms with Crippen molar-refractivity contribution in [3.05, 3.63) is 71.6 Å². The summed E-state index contributed by atoms with van der Waals surface area (Å²) in [5.41, 5.74) is 7.49. The Labute approximate surface area is 184 Å². The van der Waals surface area contributed by atoms with Crippen molar-refractivity contribution in [3.8, 4) is 11.6 Å². The number of aryl methyl sites for hydroxylation is 1. The summed E-state index contributed by atoms with van der Waals surface area (Å²) in [6.45, 7) is 2.32. The molecular weight excluding hydrogens is 406 g/mol. The van der Waals surface area contributed by atoms with Crippen LogP contribution in [0, 0.1) is 6.92 Å². The quantitative estimate of drug-likeness (QED) is 0.511. The fourth-order valence-electron chi connectivity index (χ4n) is 4.05. The van der Waals surface area contributed by atoms with Crippen LogP contribution >= 0.6 is 0 Å². The molecule has 4 heterocycles. The topological polar surface area (TPSA) is 86.7 Å². The van der Waals surface area contributed by atoms with E-state index in [1.54, 1.807) is 13.4 Å². The zero-order chi connectivity index (χ0) is 21.7. The van der Waals surface area contributed by atoms with E-state index in [9.17, 15) is 0 Å². The Kier molecular flexibility index (Phi) is 4.46. The summed E-state index contributed by atoms with van der Waals surface area (Å²) < 4.78 is 13.5. The number of imidazole rings is 1. The molecule has 0 saturated heterocycles. The number of nitrogens with one attached hydrogen (secondary N) is 1. The van der Waals surface area contributed by atoms with E-state index < -0.39 is 0 Å². The van der Waals surface area contributed by atoms with Crippen LogP contribution in [0.1, 0.15) is 47.5 Å². The molecule has 1 saturated carbocycles. The summed E-state index contributed by atoms with van der Waals surface area (Å²) >= 11 is 0. The van der Waals surface area contributed by atoms with Crippen molar-refractivity contribution < 1.29 is 14.0 Å². The molecule has 4 aromatic rings. The first-order valence-corrected chi connectivity index (χ1v) is 10.7. The lowest BCUT2D eigenvalue weighted by Crippen LogP contribution is -2.33. The summed E-state index contributed by atoms with van der Waals surface area (Å²) in [5.74, 6) is 2.50. The van der Waals surface area contributed by atoms with Gasteiger partial charge in [0, 0.05) is 11.6 Å².